The smallest absolute Gasteiger partial charge is 0.162 e. The van der Waals surface area contributed by atoms with Crippen molar-refractivity contribution >= 4 is 0 Å². The van der Waals surface area contributed by atoms with Crippen LogP contribution in [0, 0.1) is 5.92 Å². The van der Waals surface area contributed by atoms with Crippen LogP contribution in [0.3, 0.4) is 0 Å². The number of piperidine rings is 1. The van der Waals surface area contributed by atoms with Gasteiger partial charge in [-0.3, -0.25) is 4.90 Å². The number of benzene rings is 1. The summed E-state index contributed by atoms with van der Waals surface area (Å²) in [5, 5.41) is 13.9. The third-order valence-electron chi connectivity index (χ3n) is 4.91. The topological polar surface area (TPSA) is 44.7 Å². The van der Waals surface area contributed by atoms with Gasteiger partial charge in [-0.15, -0.1) is 0 Å². The van der Waals surface area contributed by atoms with Gasteiger partial charge in [0.25, 0.3) is 0 Å². The van der Waals surface area contributed by atoms with E-state index in [4.69, 9.17) is 4.74 Å². The minimum atomic E-state index is 0.293. The first-order chi connectivity index (χ1) is 10.3. The summed E-state index contributed by atoms with van der Waals surface area (Å²) in [5.74, 6) is 1.62. The lowest BCUT2D eigenvalue weighted by atomic mass is 9.89. The molecule has 2 atom stereocenters. The second-order valence-electron chi connectivity index (χ2n) is 6.31. The van der Waals surface area contributed by atoms with Gasteiger partial charge in [-0.05, 0) is 50.8 Å². The minimum Gasteiger partial charge on any atom is -0.504 e. The van der Waals surface area contributed by atoms with E-state index in [1.165, 1.54) is 32.2 Å². The van der Waals surface area contributed by atoms with E-state index in [-0.39, 0.29) is 0 Å². The van der Waals surface area contributed by atoms with Crippen LogP contribution in [-0.4, -0.2) is 42.8 Å². The zero-order chi connectivity index (χ0) is 14.7. The van der Waals surface area contributed by atoms with Crippen LogP contribution < -0.4 is 10.1 Å². The first-order valence-electron chi connectivity index (χ1n) is 8.08. The molecule has 3 rings (SSSR count). The summed E-state index contributed by atoms with van der Waals surface area (Å²) in [6.07, 6.45) is 5.23. The number of nitrogens with one attached hydrogen (secondary N) is 1. The first kappa shape index (κ1) is 14.7. The Labute approximate surface area is 127 Å². The van der Waals surface area contributed by atoms with E-state index in [2.05, 4.69) is 10.2 Å². The summed E-state index contributed by atoms with van der Waals surface area (Å²) in [7, 11) is 1.60. The molecule has 2 saturated heterocycles. The molecule has 4 heteroatoms. The Kier molecular flexibility index (Phi) is 4.66. The molecule has 0 aromatic heterocycles. The number of phenolic OH excluding ortho intramolecular Hbond substituents is 1. The fraction of sp³-hybridized carbons (Fsp3) is 0.647. The minimum absolute atomic E-state index is 0.293. The Bertz CT molecular complexity index is 472. The maximum atomic E-state index is 10.2. The lowest BCUT2D eigenvalue weighted by Gasteiger charge is -2.36. The van der Waals surface area contributed by atoms with Crippen molar-refractivity contribution in [3.63, 3.8) is 0 Å². The average molecular weight is 290 g/mol. The van der Waals surface area contributed by atoms with Crippen LogP contribution in [0.2, 0.25) is 0 Å². The van der Waals surface area contributed by atoms with E-state index in [1.54, 1.807) is 13.2 Å². The Hall–Kier alpha value is -1.26. The number of hydrogen-bond acceptors (Lipinski definition) is 4. The maximum absolute atomic E-state index is 10.2. The summed E-state index contributed by atoms with van der Waals surface area (Å²) in [5.41, 5.74) is 0.967. The maximum Gasteiger partial charge on any atom is 0.162 e. The lowest BCUT2D eigenvalue weighted by molar-refractivity contribution is 0.144. The van der Waals surface area contributed by atoms with Crippen LogP contribution in [0.4, 0.5) is 0 Å². The van der Waals surface area contributed by atoms with E-state index in [9.17, 15) is 5.11 Å². The molecule has 2 aliphatic heterocycles. The van der Waals surface area contributed by atoms with Crippen molar-refractivity contribution in [3.05, 3.63) is 23.8 Å². The zero-order valence-corrected chi connectivity index (χ0v) is 12.8. The van der Waals surface area contributed by atoms with Gasteiger partial charge in [-0.1, -0.05) is 12.1 Å². The number of phenols is 1. The zero-order valence-electron chi connectivity index (χ0n) is 12.8. The molecule has 116 valence electrons. The van der Waals surface area contributed by atoms with Crippen LogP contribution in [0.25, 0.3) is 0 Å². The fourth-order valence-corrected chi connectivity index (χ4v) is 3.78. The molecule has 0 saturated carbocycles. The van der Waals surface area contributed by atoms with Crippen molar-refractivity contribution in [2.45, 2.75) is 38.3 Å². The highest BCUT2D eigenvalue weighted by molar-refractivity contribution is 5.45. The highest BCUT2D eigenvalue weighted by Gasteiger charge is 2.29. The van der Waals surface area contributed by atoms with E-state index < -0.39 is 0 Å². The molecule has 1 aromatic carbocycles. The van der Waals surface area contributed by atoms with E-state index >= 15 is 0 Å². The van der Waals surface area contributed by atoms with Crippen LogP contribution in [-0.2, 0) is 6.54 Å². The average Bonchev–Trinajstić information content (AvgIpc) is 3.04. The number of ether oxygens (including phenoxy) is 1. The quantitative estimate of drug-likeness (QED) is 0.893. The Morgan fingerprint density at radius 1 is 1.33 bits per heavy atom. The molecule has 2 N–H and O–H groups in total. The number of nitrogens with zero attached hydrogens (tertiary/aromatic N) is 1. The van der Waals surface area contributed by atoms with E-state index in [1.807, 2.05) is 12.1 Å². The number of hydrogen-bond donors (Lipinski definition) is 2. The van der Waals surface area contributed by atoms with E-state index in [0.717, 1.165) is 31.1 Å². The number of para-hydroxylation sites is 1. The van der Waals surface area contributed by atoms with E-state index in [0.29, 0.717) is 17.5 Å². The first-order valence-corrected chi connectivity index (χ1v) is 8.08. The van der Waals surface area contributed by atoms with Crippen LogP contribution >= 0.6 is 0 Å². The lowest BCUT2D eigenvalue weighted by Crippen LogP contribution is -2.43. The highest BCUT2D eigenvalue weighted by atomic mass is 16.5. The van der Waals surface area contributed by atoms with Gasteiger partial charge < -0.3 is 15.2 Å². The van der Waals surface area contributed by atoms with Crippen molar-refractivity contribution in [3.8, 4) is 11.5 Å². The fourth-order valence-electron chi connectivity index (χ4n) is 3.78. The molecule has 0 radical (unpaired) electrons. The predicted molar refractivity (Wildman–Crippen MR) is 83.7 cm³/mol. The van der Waals surface area contributed by atoms with Gasteiger partial charge in [-0.25, -0.2) is 0 Å². The van der Waals surface area contributed by atoms with Gasteiger partial charge >= 0.3 is 0 Å². The molecule has 2 unspecified atom stereocenters. The van der Waals surface area contributed by atoms with Crippen LogP contribution in [0.1, 0.15) is 31.2 Å². The summed E-state index contributed by atoms with van der Waals surface area (Å²) in [4.78, 5) is 2.47. The SMILES string of the molecule is COc1cccc(CN2CCCC(C3CCCN3)C2)c1O. The van der Waals surface area contributed by atoms with Gasteiger partial charge in [0.05, 0.1) is 7.11 Å². The molecule has 2 fully saturated rings. The Balaban J connectivity index is 1.64. The Morgan fingerprint density at radius 3 is 3.00 bits per heavy atom. The molecule has 2 heterocycles. The number of methoxy groups -OCH3 is 1. The van der Waals surface area contributed by atoms with Gasteiger partial charge in [0, 0.05) is 24.7 Å². The predicted octanol–water partition coefficient (Wildman–Crippen LogP) is 2.36. The molecular weight excluding hydrogens is 264 g/mol. The molecule has 0 spiro atoms. The molecule has 0 bridgehead atoms. The van der Waals surface area contributed by atoms with Gasteiger partial charge in [-0.2, -0.15) is 0 Å². The summed E-state index contributed by atoms with van der Waals surface area (Å²) in [6.45, 7) is 4.25. The third-order valence-corrected chi connectivity index (χ3v) is 4.91. The number of likely N-dealkylation sites (tertiary alicyclic amines) is 1. The normalized spacial score (nSPS) is 26.9. The molecule has 2 aliphatic rings. The third kappa shape index (κ3) is 3.33. The molecule has 21 heavy (non-hydrogen) atoms. The van der Waals surface area contributed by atoms with Crippen molar-refractivity contribution in [2.75, 3.05) is 26.7 Å². The molecule has 0 aliphatic carbocycles. The van der Waals surface area contributed by atoms with Crippen LogP contribution in [0.15, 0.2) is 18.2 Å². The van der Waals surface area contributed by atoms with Crippen molar-refractivity contribution in [2.24, 2.45) is 5.92 Å². The van der Waals surface area contributed by atoms with Crippen molar-refractivity contribution < 1.29 is 9.84 Å². The van der Waals surface area contributed by atoms with Gasteiger partial charge in [0.2, 0.25) is 0 Å². The summed E-state index contributed by atoms with van der Waals surface area (Å²) in [6, 6.07) is 6.45. The monoisotopic (exact) mass is 290 g/mol. The molecule has 1 aromatic rings. The summed E-state index contributed by atoms with van der Waals surface area (Å²) < 4.78 is 5.20. The highest BCUT2D eigenvalue weighted by Crippen LogP contribution is 2.32. The largest absolute Gasteiger partial charge is 0.504 e. The number of aromatic hydroxyl groups is 1. The van der Waals surface area contributed by atoms with Crippen molar-refractivity contribution in [1.82, 2.24) is 10.2 Å². The van der Waals surface area contributed by atoms with Crippen LogP contribution in [0.5, 0.6) is 11.5 Å². The molecule has 0 amide bonds. The molecule has 4 nitrogen and oxygen atoms in total. The Morgan fingerprint density at radius 2 is 2.24 bits per heavy atom. The second-order valence-corrected chi connectivity index (χ2v) is 6.31. The standard InChI is InChI=1S/C17H26N2O2/c1-21-16-8-2-5-14(17(16)20)12-19-10-4-6-13(11-19)15-7-3-9-18-15/h2,5,8,13,15,18,20H,3-4,6-7,9-12H2,1H3. The molecular formula is C17H26N2O2. The van der Waals surface area contributed by atoms with Gasteiger partial charge in [0.1, 0.15) is 0 Å². The van der Waals surface area contributed by atoms with Crippen molar-refractivity contribution in [1.29, 1.82) is 0 Å². The number of rotatable bonds is 4. The second kappa shape index (κ2) is 6.67. The summed E-state index contributed by atoms with van der Waals surface area (Å²) >= 11 is 0. The van der Waals surface area contributed by atoms with Gasteiger partial charge in [0.15, 0.2) is 11.5 Å².